The standard InChI is InChI=1S/C9H16ClN3/c1-3-6-13(7-4-10)9-11-5-8-12(9)2/h5,8H,3-4,6-7H2,1-2H3. The molecule has 13 heavy (non-hydrogen) atoms. The van der Waals surface area contributed by atoms with Crippen LogP contribution in [-0.2, 0) is 7.05 Å². The third-order valence-corrected chi connectivity index (χ3v) is 2.10. The van der Waals surface area contributed by atoms with Crippen molar-refractivity contribution in [3.05, 3.63) is 12.4 Å². The Hall–Kier alpha value is -0.700. The molecule has 1 aromatic rings. The summed E-state index contributed by atoms with van der Waals surface area (Å²) in [6, 6.07) is 0. The number of aromatic nitrogens is 2. The zero-order valence-electron chi connectivity index (χ0n) is 8.20. The Bertz CT molecular complexity index is 241. The predicted molar refractivity (Wildman–Crippen MR) is 56.4 cm³/mol. The average Bonchev–Trinajstić information content (AvgIpc) is 2.51. The molecule has 0 fully saturated rings. The highest BCUT2D eigenvalue weighted by Gasteiger charge is 2.08. The van der Waals surface area contributed by atoms with E-state index in [1.807, 2.05) is 24.0 Å². The van der Waals surface area contributed by atoms with Gasteiger partial charge in [0, 0.05) is 38.4 Å². The van der Waals surface area contributed by atoms with E-state index < -0.39 is 0 Å². The van der Waals surface area contributed by atoms with Gasteiger partial charge in [-0.05, 0) is 6.42 Å². The minimum atomic E-state index is 0.646. The number of halogens is 1. The van der Waals surface area contributed by atoms with E-state index in [0.29, 0.717) is 5.88 Å². The minimum absolute atomic E-state index is 0.646. The number of anilines is 1. The molecule has 1 heterocycles. The highest BCUT2D eigenvalue weighted by atomic mass is 35.5. The van der Waals surface area contributed by atoms with Gasteiger partial charge in [-0.3, -0.25) is 0 Å². The summed E-state index contributed by atoms with van der Waals surface area (Å²) in [6.07, 6.45) is 4.88. The molecule has 1 aromatic heterocycles. The van der Waals surface area contributed by atoms with Crippen LogP contribution in [0, 0.1) is 0 Å². The maximum absolute atomic E-state index is 5.72. The number of imidazole rings is 1. The predicted octanol–water partition coefficient (Wildman–Crippen LogP) is 1.88. The second-order valence-corrected chi connectivity index (χ2v) is 3.39. The van der Waals surface area contributed by atoms with Crippen molar-refractivity contribution in [1.82, 2.24) is 9.55 Å². The van der Waals surface area contributed by atoms with Crippen LogP contribution in [0.2, 0.25) is 0 Å². The molecule has 4 heteroatoms. The first-order valence-corrected chi connectivity index (χ1v) is 5.11. The SMILES string of the molecule is CCCN(CCCl)c1nccn1C. The van der Waals surface area contributed by atoms with Gasteiger partial charge in [-0.2, -0.15) is 0 Å². The number of rotatable bonds is 5. The molecule has 0 saturated heterocycles. The van der Waals surface area contributed by atoms with E-state index in [2.05, 4.69) is 16.8 Å². The molecule has 0 aromatic carbocycles. The maximum Gasteiger partial charge on any atom is 0.205 e. The number of nitrogens with zero attached hydrogens (tertiary/aromatic N) is 3. The normalized spacial score (nSPS) is 10.4. The lowest BCUT2D eigenvalue weighted by molar-refractivity contribution is 0.736. The molecular formula is C9H16ClN3. The van der Waals surface area contributed by atoms with Crippen LogP contribution < -0.4 is 4.90 Å². The highest BCUT2D eigenvalue weighted by molar-refractivity contribution is 6.18. The Morgan fingerprint density at radius 3 is 2.77 bits per heavy atom. The van der Waals surface area contributed by atoms with E-state index in [0.717, 1.165) is 25.5 Å². The van der Waals surface area contributed by atoms with Crippen molar-refractivity contribution in [2.45, 2.75) is 13.3 Å². The van der Waals surface area contributed by atoms with Gasteiger partial charge in [0.2, 0.25) is 5.95 Å². The monoisotopic (exact) mass is 201 g/mol. The van der Waals surface area contributed by atoms with Crippen molar-refractivity contribution in [1.29, 1.82) is 0 Å². The third kappa shape index (κ3) is 2.62. The molecule has 0 unspecified atom stereocenters. The zero-order chi connectivity index (χ0) is 9.68. The fraction of sp³-hybridized carbons (Fsp3) is 0.667. The maximum atomic E-state index is 5.72. The summed E-state index contributed by atoms with van der Waals surface area (Å²) >= 11 is 5.72. The molecule has 0 spiro atoms. The van der Waals surface area contributed by atoms with Gasteiger partial charge in [-0.1, -0.05) is 6.92 Å². The van der Waals surface area contributed by atoms with Gasteiger partial charge < -0.3 is 9.47 Å². The van der Waals surface area contributed by atoms with Crippen LogP contribution in [-0.4, -0.2) is 28.5 Å². The van der Waals surface area contributed by atoms with E-state index in [1.165, 1.54) is 0 Å². The second-order valence-electron chi connectivity index (χ2n) is 3.01. The van der Waals surface area contributed by atoms with Gasteiger partial charge in [0.1, 0.15) is 0 Å². The van der Waals surface area contributed by atoms with Crippen molar-refractivity contribution in [3.63, 3.8) is 0 Å². The van der Waals surface area contributed by atoms with Crippen LogP contribution in [0.4, 0.5) is 5.95 Å². The molecule has 0 aliphatic rings. The van der Waals surface area contributed by atoms with Gasteiger partial charge in [0.15, 0.2) is 0 Å². The molecule has 0 aliphatic carbocycles. The van der Waals surface area contributed by atoms with Crippen LogP contribution in [0.5, 0.6) is 0 Å². The summed E-state index contributed by atoms with van der Waals surface area (Å²) in [4.78, 5) is 6.48. The summed E-state index contributed by atoms with van der Waals surface area (Å²) in [5, 5.41) is 0. The van der Waals surface area contributed by atoms with E-state index in [1.54, 1.807) is 0 Å². The van der Waals surface area contributed by atoms with E-state index >= 15 is 0 Å². The lowest BCUT2D eigenvalue weighted by Gasteiger charge is -2.21. The van der Waals surface area contributed by atoms with Crippen molar-refractivity contribution < 1.29 is 0 Å². The van der Waals surface area contributed by atoms with Gasteiger partial charge in [-0.25, -0.2) is 4.98 Å². The topological polar surface area (TPSA) is 21.1 Å². The molecular weight excluding hydrogens is 186 g/mol. The van der Waals surface area contributed by atoms with E-state index in [-0.39, 0.29) is 0 Å². The Morgan fingerprint density at radius 2 is 2.31 bits per heavy atom. The molecule has 3 nitrogen and oxygen atoms in total. The molecule has 0 amide bonds. The van der Waals surface area contributed by atoms with E-state index in [9.17, 15) is 0 Å². The van der Waals surface area contributed by atoms with Crippen molar-refractivity contribution in [3.8, 4) is 0 Å². The first-order valence-electron chi connectivity index (χ1n) is 4.57. The first kappa shape index (κ1) is 10.4. The summed E-state index contributed by atoms with van der Waals surface area (Å²) in [5.74, 6) is 1.65. The fourth-order valence-electron chi connectivity index (χ4n) is 1.35. The largest absolute Gasteiger partial charge is 0.341 e. The smallest absolute Gasteiger partial charge is 0.205 e. The van der Waals surface area contributed by atoms with Gasteiger partial charge in [0.05, 0.1) is 0 Å². The Kier molecular flexibility index (Phi) is 4.09. The number of hydrogen-bond donors (Lipinski definition) is 0. The van der Waals surface area contributed by atoms with Crippen LogP contribution in [0.3, 0.4) is 0 Å². The van der Waals surface area contributed by atoms with Crippen LogP contribution in [0.1, 0.15) is 13.3 Å². The lowest BCUT2D eigenvalue weighted by atomic mass is 10.4. The molecule has 0 saturated carbocycles. The zero-order valence-corrected chi connectivity index (χ0v) is 8.96. The molecule has 0 bridgehead atoms. The molecule has 74 valence electrons. The summed E-state index contributed by atoms with van der Waals surface area (Å²) in [6.45, 7) is 4.03. The van der Waals surface area contributed by atoms with Crippen LogP contribution in [0.25, 0.3) is 0 Å². The lowest BCUT2D eigenvalue weighted by Crippen LogP contribution is -2.28. The molecule has 0 aliphatic heterocycles. The van der Waals surface area contributed by atoms with Crippen molar-refractivity contribution in [2.24, 2.45) is 7.05 Å². The number of aryl methyl sites for hydroxylation is 1. The van der Waals surface area contributed by atoms with Gasteiger partial charge in [0.25, 0.3) is 0 Å². The molecule has 1 rings (SSSR count). The number of hydrogen-bond acceptors (Lipinski definition) is 2. The Labute approximate surface area is 84.3 Å². The van der Waals surface area contributed by atoms with Crippen molar-refractivity contribution in [2.75, 3.05) is 23.9 Å². The molecule has 0 radical (unpaired) electrons. The Morgan fingerprint density at radius 1 is 1.54 bits per heavy atom. The number of alkyl halides is 1. The first-order chi connectivity index (χ1) is 6.29. The highest BCUT2D eigenvalue weighted by Crippen LogP contribution is 2.09. The van der Waals surface area contributed by atoms with E-state index in [4.69, 9.17) is 11.6 Å². The minimum Gasteiger partial charge on any atom is -0.341 e. The van der Waals surface area contributed by atoms with Crippen LogP contribution in [0.15, 0.2) is 12.4 Å². The summed E-state index contributed by atoms with van der Waals surface area (Å²) in [5.41, 5.74) is 0. The average molecular weight is 202 g/mol. The van der Waals surface area contributed by atoms with Crippen LogP contribution >= 0.6 is 11.6 Å². The molecule has 0 N–H and O–H groups in total. The molecule has 0 atom stereocenters. The quantitative estimate of drug-likeness (QED) is 0.679. The van der Waals surface area contributed by atoms with Crippen molar-refractivity contribution >= 4 is 17.5 Å². The summed E-state index contributed by atoms with van der Waals surface area (Å²) in [7, 11) is 2.00. The van der Waals surface area contributed by atoms with Gasteiger partial charge >= 0.3 is 0 Å². The Balaban J connectivity index is 2.69. The van der Waals surface area contributed by atoms with Gasteiger partial charge in [-0.15, -0.1) is 11.6 Å². The fourth-order valence-corrected chi connectivity index (χ4v) is 1.55. The third-order valence-electron chi connectivity index (χ3n) is 1.93. The second kappa shape index (κ2) is 5.12. The summed E-state index contributed by atoms with van der Waals surface area (Å²) < 4.78 is 2.02.